The molecule has 0 spiro atoms. The highest BCUT2D eigenvalue weighted by molar-refractivity contribution is 7.09. The maximum atomic E-state index is 9.17. The van der Waals surface area contributed by atoms with Gasteiger partial charge in [-0.3, -0.25) is 0 Å². The Balaban J connectivity index is 2.11. The van der Waals surface area contributed by atoms with Crippen LogP contribution in [0.3, 0.4) is 0 Å². The molecule has 1 N–H and O–H groups in total. The van der Waals surface area contributed by atoms with Crippen molar-refractivity contribution in [1.82, 2.24) is 4.98 Å². The van der Waals surface area contributed by atoms with Crippen LogP contribution in [0.4, 0.5) is 5.69 Å². The zero-order valence-corrected chi connectivity index (χ0v) is 11.4. The molecule has 0 atom stereocenters. The number of aliphatic hydroxyl groups excluding tert-OH is 1. The lowest BCUT2D eigenvalue weighted by Crippen LogP contribution is -2.26. The predicted octanol–water partition coefficient (Wildman–Crippen LogP) is 2.70. The van der Waals surface area contributed by atoms with Crippen LogP contribution in [0.2, 0.25) is 0 Å². The summed E-state index contributed by atoms with van der Waals surface area (Å²) in [5.74, 6) is 0. The summed E-state index contributed by atoms with van der Waals surface area (Å²) in [6, 6.07) is 10.1. The maximum absolute atomic E-state index is 9.17. The number of aryl methyl sites for hydroxylation is 1. The highest BCUT2D eigenvalue weighted by Gasteiger charge is 2.08. The third-order valence-electron chi connectivity index (χ3n) is 2.75. The number of anilines is 1. The average molecular weight is 262 g/mol. The molecule has 2 aromatic rings. The molecule has 2 rings (SSSR count). The molecule has 0 saturated heterocycles. The number of para-hydroxylation sites is 1. The Morgan fingerprint density at radius 2 is 2.06 bits per heavy atom. The number of rotatable bonds is 6. The molecule has 0 aliphatic heterocycles. The van der Waals surface area contributed by atoms with Crippen molar-refractivity contribution in [1.29, 1.82) is 0 Å². The normalized spacial score (nSPS) is 10.6. The Bertz CT molecular complexity index is 470. The molecule has 0 bridgehead atoms. The molecule has 0 aliphatic rings. The molecule has 0 fully saturated rings. The average Bonchev–Trinajstić information content (AvgIpc) is 2.87. The van der Waals surface area contributed by atoms with Crippen molar-refractivity contribution in [2.75, 3.05) is 18.1 Å². The largest absolute Gasteiger partial charge is 0.395 e. The molecule has 0 saturated carbocycles. The standard InChI is InChI=1S/C14H18N2OS/c1-2-14-15-12(11-18-14)10-16(8-9-17)13-6-4-3-5-7-13/h3-7,11,17H,2,8-10H2,1H3. The molecule has 3 nitrogen and oxygen atoms in total. The van der Waals surface area contributed by atoms with Gasteiger partial charge in [-0.25, -0.2) is 4.98 Å². The maximum Gasteiger partial charge on any atom is 0.0926 e. The predicted molar refractivity (Wildman–Crippen MR) is 76.1 cm³/mol. The summed E-state index contributed by atoms with van der Waals surface area (Å²) in [6.07, 6.45) is 0.982. The minimum Gasteiger partial charge on any atom is -0.395 e. The number of hydrogen-bond donors (Lipinski definition) is 1. The Kier molecular flexibility index (Phi) is 4.73. The SMILES string of the molecule is CCc1nc(CN(CCO)c2ccccc2)cs1. The summed E-state index contributed by atoms with van der Waals surface area (Å²) in [6.45, 7) is 3.65. The van der Waals surface area contributed by atoms with Crippen molar-refractivity contribution in [3.8, 4) is 0 Å². The van der Waals surface area contributed by atoms with E-state index in [0.717, 1.165) is 24.3 Å². The molecular formula is C14H18N2OS. The van der Waals surface area contributed by atoms with Crippen molar-refractivity contribution in [2.24, 2.45) is 0 Å². The molecule has 1 heterocycles. The van der Waals surface area contributed by atoms with E-state index in [1.165, 1.54) is 5.01 Å². The first kappa shape index (κ1) is 13.1. The number of thiazole rings is 1. The molecule has 1 aromatic carbocycles. The van der Waals surface area contributed by atoms with Crippen LogP contribution in [0.25, 0.3) is 0 Å². The number of aliphatic hydroxyl groups is 1. The van der Waals surface area contributed by atoms with Crippen molar-refractivity contribution < 1.29 is 5.11 Å². The van der Waals surface area contributed by atoms with Crippen LogP contribution < -0.4 is 4.90 Å². The molecular weight excluding hydrogens is 244 g/mol. The second kappa shape index (κ2) is 6.52. The molecule has 0 unspecified atom stereocenters. The van der Waals surface area contributed by atoms with Gasteiger partial charge < -0.3 is 10.0 Å². The Hall–Kier alpha value is -1.39. The van der Waals surface area contributed by atoms with Gasteiger partial charge in [-0.2, -0.15) is 0 Å². The van der Waals surface area contributed by atoms with Crippen molar-refractivity contribution in [2.45, 2.75) is 19.9 Å². The van der Waals surface area contributed by atoms with Crippen LogP contribution in [-0.2, 0) is 13.0 Å². The minimum atomic E-state index is 0.152. The van der Waals surface area contributed by atoms with Crippen LogP contribution in [0.15, 0.2) is 35.7 Å². The highest BCUT2D eigenvalue weighted by Crippen LogP contribution is 2.18. The van der Waals surface area contributed by atoms with E-state index in [1.807, 2.05) is 18.2 Å². The molecule has 4 heteroatoms. The molecule has 0 amide bonds. The van der Waals surface area contributed by atoms with E-state index >= 15 is 0 Å². The lowest BCUT2D eigenvalue weighted by atomic mass is 10.2. The monoisotopic (exact) mass is 262 g/mol. The summed E-state index contributed by atoms with van der Waals surface area (Å²) < 4.78 is 0. The van der Waals surface area contributed by atoms with Crippen LogP contribution in [0.5, 0.6) is 0 Å². The highest BCUT2D eigenvalue weighted by atomic mass is 32.1. The number of nitrogens with zero attached hydrogens (tertiary/aromatic N) is 2. The summed E-state index contributed by atoms with van der Waals surface area (Å²) in [7, 11) is 0. The van der Waals surface area contributed by atoms with Gasteiger partial charge >= 0.3 is 0 Å². The third kappa shape index (κ3) is 3.31. The van der Waals surface area contributed by atoms with Crippen LogP contribution in [0, 0.1) is 0 Å². The quantitative estimate of drug-likeness (QED) is 0.869. The van der Waals surface area contributed by atoms with Gasteiger partial charge in [-0.05, 0) is 18.6 Å². The van der Waals surface area contributed by atoms with Gasteiger partial charge in [0.25, 0.3) is 0 Å². The Morgan fingerprint density at radius 3 is 2.67 bits per heavy atom. The van der Waals surface area contributed by atoms with Crippen LogP contribution >= 0.6 is 11.3 Å². The first-order valence-corrected chi connectivity index (χ1v) is 7.05. The zero-order chi connectivity index (χ0) is 12.8. The number of aromatic nitrogens is 1. The van der Waals surface area contributed by atoms with Gasteiger partial charge in [-0.1, -0.05) is 25.1 Å². The van der Waals surface area contributed by atoms with E-state index in [-0.39, 0.29) is 6.61 Å². The summed E-state index contributed by atoms with van der Waals surface area (Å²) in [5.41, 5.74) is 2.20. The van der Waals surface area contributed by atoms with Gasteiger partial charge in [-0.15, -0.1) is 11.3 Å². The van der Waals surface area contributed by atoms with Crippen molar-refractivity contribution in [3.63, 3.8) is 0 Å². The fraction of sp³-hybridized carbons (Fsp3) is 0.357. The Labute approximate surface area is 112 Å². The van der Waals surface area contributed by atoms with E-state index in [0.29, 0.717) is 6.54 Å². The fourth-order valence-corrected chi connectivity index (χ4v) is 2.57. The first-order valence-electron chi connectivity index (χ1n) is 6.17. The van der Waals surface area contributed by atoms with Crippen molar-refractivity contribution in [3.05, 3.63) is 46.4 Å². The number of benzene rings is 1. The number of hydrogen-bond acceptors (Lipinski definition) is 4. The zero-order valence-electron chi connectivity index (χ0n) is 10.5. The van der Waals surface area contributed by atoms with E-state index in [4.69, 9.17) is 5.11 Å². The molecule has 96 valence electrons. The van der Waals surface area contributed by atoms with Gasteiger partial charge in [0.1, 0.15) is 0 Å². The van der Waals surface area contributed by atoms with E-state index in [2.05, 4.69) is 34.3 Å². The second-order valence-corrected chi connectivity index (χ2v) is 5.01. The van der Waals surface area contributed by atoms with Crippen LogP contribution in [-0.4, -0.2) is 23.2 Å². The summed E-state index contributed by atoms with van der Waals surface area (Å²) in [4.78, 5) is 6.72. The van der Waals surface area contributed by atoms with Crippen LogP contribution in [0.1, 0.15) is 17.6 Å². The van der Waals surface area contributed by atoms with Gasteiger partial charge in [0.05, 0.1) is 23.9 Å². The van der Waals surface area contributed by atoms with E-state index in [9.17, 15) is 0 Å². The summed E-state index contributed by atoms with van der Waals surface area (Å²) in [5, 5.41) is 12.4. The smallest absolute Gasteiger partial charge is 0.0926 e. The van der Waals surface area contributed by atoms with Gasteiger partial charge in [0, 0.05) is 17.6 Å². The van der Waals surface area contributed by atoms with E-state index in [1.54, 1.807) is 11.3 Å². The minimum absolute atomic E-state index is 0.152. The topological polar surface area (TPSA) is 36.4 Å². The van der Waals surface area contributed by atoms with Crippen molar-refractivity contribution >= 4 is 17.0 Å². The Morgan fingerprint density at radius 1 is 1.28 bits per heavy atom. The lowest BCUT2D eigenvalue weighted by molar-refractivity contribution is 0.301. The summed E-state index contributed by atoms with van der Waals surface area (Å²) >= 11 is 1.70. The van der Waals surface area contributed by atoms with Gasteiger partial charge in [0.15, 0.2) is 0 Å². The van der Waals surface area contributed by atoms with Gasteiger partial charge in [0.2, 0.25) is 0 Å². The lowest BCUT2D eigenvalue weighted by Gasteiger charge is -2.22. The second-order valence-electron chi connectivity index (χ2n) is 4.07. The third-order valence-corrected chi connectivity index (χ3v) is 3.79. The molecule has 0 radical (unpaired) electrons. The fourth-order valence-electron chi connectivity index (χ4n) is 1.84. The first-order chi connectivity index (χ1) is 8.83. The molecule has 0 aliphatic carbocycles. The molecule has 1 aromatic heterocycles. The van der Waals surface area contributed by atoms with E-state index < -0.39 is 0 Å². The molecule has 18 heavy (non-hydrogen) atoms.